The van der Waals surface area contributed by atoms with Gasteiger partial charge in [0, 0.05) is 0 Å². The van der Waals surface area contributed by atoms with Crippen molar-refractivity contribution >= 4 is 22.8 Å². The highest BCUT2D eigenvalue weighted by Crippen LogP contribution is 2.57. The van der Waals surface area contributed by atoms with Gasteiger partial charge in [-0.2, -0.15) is 0 Å². The molecule has 0 amide bonds. The number of halogens is 2. The molecule has 0 bridgehead atoms. The molecule has 0 heterocycles. The van der Waals surface area contributed by atoms with Crippen molar-refractivity contribution in [3.63, 3.8) is 0 Å². The van der Waals surface area contributed by atoms with Crippen molar-refractivity contribution in [2.24, 2.45) is 44.1 Å². The summed E-state index contributed by atoms with van der Waals surface area (Å²) in [6, 6.07) is 37.9. The molecule has 0 aromatic heterocycles. The second kappa shape index (κ2) is 20.0. The number of benzene rings is 5. The number of aliphatic imine (C=N–C) groups is 2. The number of hydrogen-bond donors (Lipinski definition) is 4. The summed E-state index contributed by atoms with van der Waals surface area (Å²) in [6.45, 7) is 6.54. The van der Waals surface area contributed by atoms with E-state index in [2.05, 4.69) is 45.1 Å². The minimum atomic E-state index is -0.612. The molecule has 9 heteroatoms. The molecule has 4 aliphatic rings. The Hall–Kier alpha value is -6.42. The highest BCUT2D eigenvalue weighted by Gasteiger charge is 2.48. The molecule has 5 aromatic rings. The molecule has 9 rings (SSSR count). The fraction of sp³-hybridized carbons (Fsp3) is 0.298. The van der Waals surface area contributed by atoms with Gasteiger partial charge in [-0.3, -0.25) is 0 Å². The van der Waals surface area contributed by atoms with Crippen molar-refractivity contribution < 1.29 is 23.7 Å². The maximum Gasteiger partial charge on any atom is 0.127 e. The number of aliphatic hydroxyl groups excluding tert-OH is 2. The molecule has 0 unspecified atom stereocenters. The van der Waals surface area contributed by atoms with Gasteiger partial charge < -0.3 is 26.4 Å². The van der Waals surface area contributed by atoms with Gasteiger partial charge in [0.2, 0.25) is 0 Å². The zero-order valence-electron chi connectivity index (χ0n) is 38.0. The third-order valence-electron chi connectivity index (χ3n) is 14.4. The monoisotopic (exact) mass is 886 g/mol. The molecule has 2 saturated carbocycles. The first-order valence-corrected chi connectivity index (χ1v) is 23.1. The van der Waals surface area contributed by atoms with E-state index in [0.29, 0.717) is 17.8 Å². The lowest BCUT2D eigenvalue weighted by Crippen LogP contribution is -2.40. The number of para-hydroxylation sites is 1. The smallest absolute Gasteiger partial charge is 0.127 e. The number of aryl methyl sites for hydroxylation is 1. The molecular formula is C57H60F2N4O3. The summed E-state index contributed by atoms with van der Waals surface area (Å²) in [6.07, 6.45) is 13.7. The average Bonchev–Trinajstić information content (AvgIpc) is 3.33. The van der Waals surface area contributed by atoms with Crippen LogP contribution in [-0.4, -0.2) is 21.6 Å². The quantitative estimate of drug-likeness (QED) is 0.123. The zero-order chi connectivity index (χ0) is 46.4. The number of hydrogen-bond acceptors (Lipinski definition) is 7. The van der Waals surface area contributed by atoms with E-state index in [4.69, 9.17) is 26.2 Å². The van der Waals surface area contributed by atoms with Crippen LogP contribution in [0, 0.1) is 41.2 Å². The first-order valence-electron chi connectivity index (χ1n) is 23.1. The Bertz CT molecular complexity index is 2670. The lowest BCUT2D eigenvalue weighted by molar-refractivity contribution is 0.0215. The van der Waals surface area contributed by atoms with Crippen LogP contribution in [0.25, 0.3) is 0 Å². The fourth-order valence-corrected chi connectivity index (χ4v) is 10.6. The third-order valence-corrected chi connectivity index (χ3v) is 14.4. The molecule has 6 atom stereocenters. The van der Waals surface area contributed by atoms with Gasteiger partial charge in [0.1, 0.15) is 23.1 Å². The number of allylic oxidation sites excluding steroid dienone is 6. The molecule has 0 aliphatic heterocycles. The summed E-state index contributed by atoms with van der Waals surface area (Å²) < 4.78 is 32.5. The largest absolute Gasteiger partial charge is 0.457 e. The van der Waals surface area contributed by atoms with E-state index in [1.165, 1.54) is 41.0 Å². The summed E-state index contributed by atoms with van der Waals surface area (Å²) in [5.41, 5.74) is 22.3. The van der Waals surface area contributed by atoms with Crippen LogP contribution in [0.3, 0.4) is 0 Å². The second-order valence-electron chi connectivity index (χ2n) is 18.6. The normalized spacial score (nSPS) is 26.0. The van der Waals surface area contributed by atoms with Crippen LogP contribution in [-0.2, 0) is 0 Å². The number of ether oxygens (including phenoxy) is 1. The van der Waals surface area contributed by atoms with Gasteiger partial charge in [-0.25, -0.2) is 18.8 Å². The molecule has 0 saturated heterocycles. The fourth-order valence-electron chi connectivity index (χ4n) is 10.6. The Morgan fingerprint density at radius 1 is 0.591 bits per heavy atom. The Labute approximate surface area is 387 Å². The molecular weight excluding hydrogens is 827 g/mol. The zero-order valence-corrected chi connectivity index (χ0v) is 38.0. The highest BCUT2D eigenvalue weighted by molar-refractivity contribution is 6.11. The maximum absolute atomic E-state index is 13.3. The van der Waals surface area contributed by atoms with Gasteiger partial charge in [-0.05, 0) is 201 Å². The minimum Gasteiger partial charge on any atom is -0.457 e. The second-order valence-corrected chi connectivity index (χ2v) is 18.6. The summed E-state index contributed by atoms with van der Waals surface area (Å²) in [4.78, 5) is 9.49. The van der Waals surface area contributed by atoms with E-state index in [1.54, 1.807) is 36.7 Å². The lowest BCUT2D eigenvalue weighted by Gasteiger charge is -2.48. The average molecular weight is 887 g/mol. The van der Waals surface area contributed by atoms with Crippen LogP contribution < -0.4 is 16.2 Å². The molecule has 2 fully saturated rings. The Balaban J connectivity index is 0.000000182. The molecule has 7 nitrogen and oxygen atoms in total. The maximum atomic E-state index is 13.3. The number of fused-ring (bicyclic) bond motifs is 2. The predicted octanol–water partition coefficient (Wildman–Crippen LogP) is 13.3. The van der Waals surface area contributed by atoms with Crippen LogP contribution in [0.15, 0.2) is 184 Å². The van der Waals surface area contributed by atoms with Crippen LogP contribution in [0.1, 0.15) is 94.1 Å². The van der Waals surface area contributed by atoms with E-state index in [1.807, 2.05) is 66.7 Å². The topological polar surface area (TPSA) is 126 Å². The van der Waals surface area contributed by atoms with Gasteiger partial charge in [-0.15, -0.1) is 0 Å². The molecule has 4 aliphatic carbocycles. The van der Waals surface area contributed by atoms with Crippen LogP contribution in [0.4, 0.5) is 20.2 Å². The highest BCUT2D eigenvalue weighted by atomic mass is 19.1. The molecule has 0 spiro atoms. The van der Waals surface area contributed by atoms with Crippen LogP contribution in [0.5, 0.6) is 11.5 Å². The number of aliphatic hydroxyl groups is 2. The van der Waals surface area contributed by atoms with E-state index >= 15 is 0 Å². The molecule has 5 aromatic carbocycles. The Morgan fingerprint density at radius 3 is 1.42 bits per heavy atom. The lowest BCUT2D eigenvalue weighted by atomic mass is 9.57. The first-order chi connectivity index (χ1) is 31.9. The van der Waals surface area contributed by atoms with Crippen molar-refractivity contribution in [1.29, 1.82) is 0 Å². The summed E-state index contributed by atoms with van der Waals surface area (Å²) in [5.74, 6) is 1.11. The summed E-state index contributed by atoms with van der Waals surface area (Å²) >= 11 is 0. The van der Waals surface area contributed by atoms with E-state index in [-0.39, 0.29) is 34.3 Å². The van der Waals surface area contributed by atoms with Crippen molar-refractivity contribution in [3.05, 3.63) is 203 Å². The number of nitrogens with two attached hydrogens (primary N) is 2. The Morgan fingerprint density at radius 2 is 1.00 bits per heavy atom. The first kappa shape index (κ1) is 46.1. The molecule has 340 valence electrons. The predicted molar refractivity (Wildman–Crippen MR) is 262 cm³/mol. The summed E-state index contributed by atoms with van der Waals surface area (Å²) in [5, 5.41) is 22.8. The van der Waals surface area contributed by atoms with Crippen molar-refractivity contribution in [2.45, 2.75) is 84.3 Å². The molecule has 0 radical (unpaired) electrons. The van der Waals surface area contributed by atoms with E-state index in [0.717, 1.165) is 90.1 Å². The van der Waals surface area contributed by atoms with Crippen LogP contribution >= 0.6 is 0 Å². The molecule has 66 heavy (non-hydrogen) atoms. The minimum absolute atomic E-state index is 0.0423. The third kappa shape index (κ3) is 10.0. The van der Waals surface area contributed by atoms with E-state index < -0.39 is 12.2 Å². The van der Waals surface area contributed by atoms with Crippen molar-refractivity contribution in [3.8, 4) is 11.5 Å². The van der Waals surface area contributed by atoms with Crippen LogP contribution in [0.2, 0.25) is 0 Å². The standard InChI is InChI=1S/C31H31FN2O2.C26H29FN2O/c1-31-19-22(20-33)29(34-25-14-12-24(32)13-15-25)18-23(31)6-5-9-28(31)30(35)21-10-16-27(17-11-21)36-26-7-3-2-4-8-26;1-17-6-8-18(9-7-17)25(30)23-5-3-4-20-14-24(19(16-28)15-26(20,23)2)29-22-12-10-21(27)11-13-22/h2-4,7-8,10-18,20,28,30,35H,5-6,9,19,33H2,1H3;6-14,16,23,25,30H,3-5,15,28H2,1-2H3/t28-,30+,31+;23-,25+,26+/m11/s1. The van der Waals surface area contributed by atoms with Gasteiger partial charge in [0.25, 0.3) is 0 Å². The van der Waals surface area contributed by atoms with Gasteiger partial charge >= 0.3 is 0 Å². The number of rotatable bonds is 8. The molecule has 6 N–H and O–H groups in total. The van der Waals surface area contributed by atoms with Gasteiger partial charge in [-0.1, -0.05) is 85.2 Å². The number of nitrogens with zero attached hydrogens (tertiary/aromatic N) is 2. The SMILES string of the molecule is C[C@]12CC(=CN)C(=Nc3ccc(F)cc3)C=C1CCC[C@@H]2[C@@H](O)c1ccc(Oc2ccccc2)cc1.Cc1ccc([C@H](O)[C@H]2CCCC3=CC(=Nc4ccc(F)cc4)C(=CN)C[C@@]32C)cc1. The van der Waals surface area contributed by atoms with Crippen molar-refractivity contribution in [2.75, 3.05) is 0 Å². The Kier molecular flexibility index (Phi) is 14.0. The van der Waals surface area contributed by atoms with E-state index in [9.17, 15) is 19.0 Å². The van der Waals surface area contributed by atoms with Crippen molar-refractivity contribution in [1.82, 2.24) is 0 Å². The summed E-state index contributed by atoms with van der Waals surface area (Å²) in [7, 11) is 0. The van der Waals surface area contributed by atoms with Gasteiger partial charge in [0.05, 0.1) is 35.0 Å². The van der Waals surface area contributed by atoms with Gasteiger partial charge in [0.15, 0.2) is 0 Å².